The second kappa shape index (κ2) is 12.7. The summed E-state index contributed by atoms with van der Waals surface area (Å²) < 4.78 is 33.7. The molecule has 4 rings (SSSR count). The molecule has 2 aliphatic rings. The summed E-state index contributed by atoms with van der Waals surface area (Å²) in [4.78, 5) is 2.04. The molecule has 208 valence electrons. The third kappa shape index (κ3) is 6.73. The van der Waals surface area contributed by atoms with Crippen LogP contribution in [0.3, 0.4) is 0 Å². The van der Waals surface area contributed by atoms with Crippen molar-refractivity contribution in [1.82, 2.24) is 4.90 Å². The summed E-state index contributed by atoms with van der Waals surface area (Å²) in [6, 6.07) is 9.72. The van der Waals surface area contributed by atoms with Crippen LogP contribution in [0, 0.1) is 10.8 Å². The van der Waals surface area contributed by atoms with Crippen LogP contribution in [0.4, 0.5) is 5.69 Å². The van der Waals surface area contributed by atoms with E-state index in [1.807, 2.05) is 17.0 Å². The number of hydrogen-bond donors (Lipinski definition) is 4. The lowest BCUT2D eigenvalue weighted by atomic mass is 10.1. The fourth-order valence-electron chi connectivity index (χ4n) is 4.71. The third-order valence-corrected chi connectivity index (χ3v) is 8.54. The van der Waals surface area contributed by atoms with Crippen molar-refractivity contribution in [3.8, 4) is 11.5 Å². The first-order chi connectivity index (χ1) is 17.1. The summed E-state index contributed by atoms with van der Waals surface area (Å²) in [7, 11) is -3.55. The Morgan fingerprint density at radius 3 is 2.45 bits per heavy atom. The molecule has 0 bridgehead atoms. The first kappa shape index (κ1) is 31.3. The molecular weight excluding hydrogens is 549 g/mol. The second-order valence-electron chi connectivity index (χ2n) is 9.19. The van der Waals surface area contributed by atoms with Crippen LogP contribution in [0.25, 0.3) is 6.08 Å². The Labute approximate surface area is 236 Å². The lowest BCUT2D eigenvalue weighted by molar-refractivity contribution is 0.130. The highest BCUT2D eigenvalue weighted by molar-refractivity contribution is 7.92. The first-order valence-corrected chi connectivity index (χ1v) is 13.7. The van der Waals surface area contributed by atoms with Crippen molar-refractivity contribution >= 4 is 58.3 Å². The molecule has 0 aromatic heterocycles. The zero-order valence-electron chi connectivity index (χ0n) is 21.4. The predicted molar refractivity (Wildman–Crippen MR) is 157 cm³/mol. The second-order valence-corrected chi connectivity index (χ2v) is 11.3. The summed E-state index contributed by atoms with van der Waals surface area (Å²) >= 11 is 0. The minimum atomic E-state index is -3.55. The lowest BCUT2D eigenvalue weighted by Gasteiger charge is -2.32. The minimum absolute atomic E-state index is 0. The van der Waals surface area contributed by atoms with Crippen LogP contribution in [0.2, 0.25) is 0 Å². The summed E-state index contributed by atoms with van der Waals surface area (Å²) in [5.41, 5.74) is 8.03. The van der Waals surface area contributed by atoms with E-state index in [4.69, 9.17) is 21.3 Å². The first-order valence-electron chi connectivity index (χ1n) is 12.1. The van der Waals surface area contributed by atoms with E-state index in [-0.39, 0.29) is 48.3 Å². The number of aromatic hydroxyl groups is 1. The molecule has 0 spiro atoms. The Bertz CT molecular complexity index is 1310. The number of nitrogens with zero attached hydrogens (tertiary/aromatic N) is 2. The predicted octanol–water partition coefficient (Wildman–Crippen LogP) is 4.15. The number of phenols is 1. The normalized spacial score (nSPS) is 17.5. The van der Waals surface area contributed by atoms with Gasteiger partial charge in [0, 0.05) is 37.1 Å². The number of piperidine rings is 1. The van der Waals surface area contributed by atoms with Gasteiger partial charge in [-0.3, -0.25) is 15.1 Å². The van der Waals surface area contributed by atoms with Crippen LogP contribution >= 0.6 is 24.8 Å². The number of anilines is 1. The molecule has 2 aromatic rings. The fourth-order valence-corrected chi connectivity index (χ4v) is 6.03. The van der Waals surface area contributed by atoms with E-state index in [0.29, 0.717) is 34.8 Å². The van der Waals surface area contributed by atoms with Gasteiger partial charge in [-0.1, -0.05) is 12.2 Å². The number of sulfonamides is 1. The highest BCUT2D eigenvalue weighted by atomic mass is 35.5. The summed E-state index contributed by atoms with van der Waals surface area (Å²) in [5, 5.41) is 25.7. The number of nitrogen functional groups attached to an aromatic ring is 1. The average molecular weight is 585 g/mol. The smallest absolute Gasteiger partial charge is 0.235 e. The monoisotopic (exact) mass is 583 g/mol. The van der Waals surface area contributed by atoms with E-state index in [0.717, 1.165) is 31.5 Å². The Balaban J connectivity index is 0.00000253. The van der Waals surface area contributed by atoms with Crippen molar-refractivity contribution in [2.75, 3.05) is 23.1 Å². The van der Waals surface area contributed by atoms with Crippen LogP contribution in [0.1, 0.15) is 43.4 Å². The van der Waals surface area contributed by atoms with E-state index in [2.05, 4.69) is 0 Å². The number of likely N-dealkylation sites (tertiary alicyclic amines) is 1. The van der Waals surface area contributed by atoms with Crippen LogP contribution in [-0.2, 0) is 16.4 Å². The molecule has 0 amide bonds. The van der Waals surface area contributed by atoms with Crippen molar-refractivity contribution in [1.29, 1.82) is 10.8 Å². The topological polar surface area (TPSA) is 144 Å². The number of amidine groups is 2. The highest BCUT2D eigenvalue weighted by Gasteiger charge is 2.35. The molecule has 1 saturated heterocycles. The molecule has 0 radical (unpaired) electrons. The highest BCUT2D eigenvalue weighted by Crippen LogP contribution is 2.38. The van der Waals surface area contributed by atoms with Crippen LogP contribution in [0.5, 0.6) is 11.5 Å². The Morgan fingerprint density at radius 2 is 1.84 bits per heavy atom. The number of nitrogens with one attached hydrogen (secondary N) is 2. The molecule has 1 fully saturated rings. The average Bonchev–Trinajstić information content (AvgIpc) is 3.22. The molecule has 12 heteroatoms. The lowest BCUT2D eigenvalue weighted by Crippen LogP contribution is -2.40. The van der Waals surface area contributed by atoms with Crippen molar-refractivity contribution < 1.29 is 18.3 Å². The van der Waals surface area contributed by atoms with Gasteiger partial charge in [-0.2, -0.15) is 0 Å². The number of phenolic OH excluding ortho intramolecular Hbond substituents is 1. The van der Waals surface area contributed by atoms with Gasteiger partial charge < -0.3 is 20.5 Å². The van der Waals surface area contributed by atoms with Crippen LogP contribution in [0.15, 0.2) is 42.5 Å². The van der Waals surface area contributed by atoms with Crippen LogP contribution in [-0.4, -0.2) is 61.1 Å². The van der Waals surface area contributed by atoms with Crippen molar-refractivity contribution in [3.05, 3.63) is 59.2 Å². The third-order valence-electron chi connectivity index (χ3n) is 6.74. The molecule has 2 aliphatic heterocycles. The van der Waals surface area contributed by atoms with E-state index in [9.17, 15) is 13.5 Å². The molecule has 9 nitrogen and oxygen atoms in total. The molecule has 0 aliphatic carbocycles. The largest absolute Gasteiger partial charge is 0.507 e. The molecule has 0 saturated carbocycles. The van der Waals surface area contributed by atoms with Crippen molar-refractivity contribution in [2.24, 2.45) is 5.73 Å². The number of ether oxygens (including phenoxy) is 1. The zero-order valence-corrected chi connectivity index (χ0v) is 23.8. The molecule has 5 N–H and O–H groups in total. The number of rotatable bonds is 7. The van der Waals surface area contributed by atoms with E-state index in [1.54, 1.807) is 44.2 Å². The maximum Gasteiger partial charge on any atom is 0.235 e. The fraction of sp³-hybridized carbons (Fsp3) is 0.385. The van der Waals surface area contributed by atoms with Gasteiger partial charge in [-0.25, -0.2) is 8.42 Å². The maximum atomic E-state index is 13.0. The molecule has 2 aromatic carbocycles. The minimum Gasteiger partial charge on any atom is -0.507 e. The number of nitrogens with two attached hydrogens (primary N) is 1. The Kier molecular flexibility index (Phi) is 10.5. The van der Waals surface area contributed by atoms with Gasteiger partial charge in [-0.15, -0.1) is 24.8 Å². The van der Waals surface area contributed by atoms with E-state index in [1.165, 1.54) is 10.4 Å². The summed E-state index contributed by atoms with van der Waals surface area (Å²) in [6.07, 6.45) is 5.63. The number of benzene rings is 2. The van der Waals surface area contributed by atoms with E-state index < -0.39 is 16.1 Å². The maximum absolute atomic E-state index is 13.0. The van der Waals surface area contributed by atoms with Gasteiger partial charge in [0.15, 0.2) is 0 Å². The van der Waals surface area contributed by atoms with Gasteiger partial charge in [-0.05, 0) is 62.2 Å². The Morgan fingerprint density at radius 1 is 1.16 bits per heavy atom. The summed E-state index contributed by atoms with van der Waals surface area (Å²) in [6.45, 7) is 5.00. The molecule has 1 unspecified atom stereocenters. The summed E-state index contributed by atoms with van der Waals surface area (Å²) in [5.74, 6) is 1.16. The van der Waals surface area contributed by atoms with Gasteiger partial charge >= 0.3 is 0 Å². The van der Waals surface area contributed by atoms with Gasteiger partial charge in [0.25, 0.3) is 0 Å². The van der Waals surface area contributed by atoms with Crippen molar-refractivity contribution in [2.45, 2.75) is 45.3 Å². The molecule has 2 heterocycles. The number of hydrogen-bond acceptors (Lipinski definition) is 6. The van der Waals surface area contributed by atoms with Gasteiger partial charge in [0.05, 0.1) is 23.3 Å². The van der Waals surface area contributed by atoms with E-state index >= 15 is 0 Å². The number of fused-ring (bicyclic) bond motifs is 1. The van der Waals surface area contributed by atoms with Gasteiger partial charge in [0.2, 0.25) is 10.0 Å². The molecule has 38 heavy (non-hydrogen) atoms. The standard InChI is InChI=1S/C26H33N5O4S.2ClH/c1-3-36(33,34)31-21(6-4-18-14-19(26(28)29)5-9-25(18)32)15-20-16-23(7-8-24(20)31)35-22-10-12-30(13-11-22)17(2)27;;/h4-9,14,16,21-22,27,32H,3,10-13,15H2,1-2H3,(H3,28,29);2*1H/b6-4+,27-17?;;. The number of halogens is 2. The Hall–Kier alpha value is -2.95. The van der Waals surface area contributed by atoms with Crippen molar-refractivity contribution in [3.63, 3.8) is 0 Å². The zero-order chi connectivity index (χ0) is 26.0. The molecule has 1 atom stereocenters. The quantitative estimate of drug-likeness (QED) is 0.284. The molecular formula is C26H35Cl2N5O4S. The van der Waals surface area contributed by atoms with Crippen LogP contribution < -0.4 is 14.8 Å². The SMILES string of the molecule is CCS(=O)(=O)N1c2ccc(OC3CCN(C(C)=N)CC3)cc2CC1/C=C/c1cc(C(=N)N)ccc1O.Cl.Cl. The van der Waals surface area contributed by atoms with Gasteiger partial charge in [0.1, 0.15) is 23.4 Å².